The number of aromatic nitrogens is 1. The van der Waals surface area contributed by atoms with Crippen LogP contribution in [0, 0.1) is 6.92 Å². The first-order valence-corrected chi connectivity index (χ1v) is 6.47. The summed E-state index contributed by atoms with van der Waals surface area (Å²) in [5.74, 6) is 0.581. The zero-order valence-electron chi connectivity index (χ0n) is 11.6. The number of aryl methyl sites for hydroxylation is 2. The molecule has 0 aliphatic rings. The number of rotatable bonds is 3. The number of benzene rings is 1. The van der Waals surface area contributed by atoms with Crippen LogP contribution < -0.4 is 14.6 Å². The Bertz CT molecular complexity index is 608. The van der Waals surface area contributed by atoms with Crippen molar-refractivity contribution in [2.75, 3.05) is 6.54 Å². The van der Waals surface area contributed by atoms with Gasteiger partial charge in [0.25, 0.3) is 5.52 Å². The van der Waals surface area contributed by atoms with E-state index in [1.807, 2.05) is 55.8 Å². The minimum atomic E-state index is -0.407. The van der Waals surface area contributed by atoms with Gasteiger partial charge < -0.3 is 10.1 Å². The van der Waals surface area contributed by atoms with Gasteiger partial charge in [0.1, 0.15) is 7.05 Å². The van der Waals surface area contributed by atoms with Crippen LogP contribution in [0.25, 0.3) is 10.9 Å². The lowest BCUT2D eigenvalue weighted by atomic mass is 10.2. The third-order valence-electron chi connectivity index (χ3n) is 3.12. The summed E-state index contributed by atoms with van der Waals surface area (Å²) in [6, 6.07) is 9.78. The van der Waals surface area contributed by atoms with Gasteiger partial charge in [-0.2, -0.15) is 4.57 Å². The van der Waals surface area contributed by atoms with Gasteiger partial charge in [0.2, 0.25) is 5.75 Å². The number of amides is 1. The molecule has 0 unspecified atom stereocenters. The smallest absolute Gasteiger partial charge is 0.403 e. The molecular formula is C15H19N2O2+. The van der Waals surface area contributed by atoms with Crippen LogP contribution in [0.5, 0.6) is 5.75 Å². The van der Waals surface area contributed by atoms with Gasteiger partial charge in [0.15, 0.2) is 5.69 Å². The summed E-state index contributed by atoms with van der Waals surface area (Å²) in [5, 5.41) is 3.76. The zero-order valence-corrected chi connectivity index (χ0v) is 11.6. The van der Waals surface area contributed by atoms with E-state index in [1.54, 1.807) is 0 Å². The van der Waals surface area contributed by atoms with E-state index in [9.17, 15) is 4.79 Å². The molecule has 1 heterocycles. The van der Waals surface area contributed by atoms with Gasteiger partial charge in [0, 0.05) is 19.5 Å². The predicted octanol–water partition coefficient (Wildman–Crippen LogP) is 2.47. The van der Waals surface area contributed by atoms with Gasteiger partial charge in [0.05, 0.1) is 5.39 Å². The van der Waals surface area contributed by atoms with Gasteiger partial charge in [-0.15, -0.1) is 0 Å². The summed E-state index contributed by atoms with van der Waals surface area (Å²) in [5.41, 5.74) is 2.03. The van der Waals surface area contributed by atoms with Crippen molar-refractivity contribution >= 4 is 17.0 Å². The number of fused-ring (bicyclic) bond motifs is 1. The highest BCUT2D eigenvalue weighted by Gasteiger charge is 2.16. The minimum Gasteiger partial charge on any atom is -0.403 e. The Balaban J connectivity index is 2.38. The van der Waals surface area contributed by atoms with E-state index in [0.717, 1.165) is 23.0 Å². The van der Waals surface area contributed by atoms with E-state index in [4.69, 9.17) is 4.74 Å². The van der Waals surface area contributed by atoms with Gasteiger partial charge in [-0.3, -0.25) is 0 Å². The van der Waals surface area contributed by atoms with Crippen molar-refractivity contribution in [3.05, 3.63) is 36.0 Å². The van der Waals surface area contributed by atoms with Crippen LogP contribution in [0.3, 0.4) is 0 Å². The SMILES string of the molecule is CCCNC(=O)Oc1cccc2ccc(C)[n+](C)c12. The van der Waals surface area contributed by atoms with Gasteiger partial charge in [-0.25, -0.2) is 4.79 Å². The van der Waals surface area contributed by atoms with E-state index in [2.05, 4.69) is 5.32 Å². The molecule has 0 saturated heterocycles. The quantitative estimate of drug-likeness (QED) is 0.860. The number of pyridine rings is 1. The van der Waals surface area contributed by atoms with E-state index in [0.29, 0.717) is 12.3 Å². The first kappa shape index (κ1) is 13.3. The van der Waals surface area contributed by atoms with E-state index in [-0.39, 0.29) is 0 Å². The highest BCUT2D eigenvalue weighted by atomic mass is 16.6. The van der Waals surface area contributed by atoms with Crippen molar-refractivity contribution in [3.8, 4) is 5.75 Å². The Morgan fingerprint density at radius 3 is 2.84 bits per heavy atom. The van der Waals surface area contributed by atoms with Crippen molar-refractivity contribution in [2.24, 2.45) is 7.05 Å². The van der Waals surface area contributed by atoms with Crippen molar-refractivity contribution in [2.45, 2.75) is 20.3 Å². The predicted molar refractivity (Wildman–Crippen MR) is 74.2 cm³/mol. The molecule has 0 aliphatic heterocycles. The Kier molecular flexibility index (Phi) is 4.00. The first-order valence-electron chi connectivity index (χ1n) is 6.47. The van der Waals surface area contributed by atoms with Gasteiger partial charge in [-0.05, 0) is 24.6 Å². The number of hydrogen-bond acceptors (Lipinski definition) is 2. The third kappa shape index (κ3) is 2.84. The molecule has 0 aliphatic carbocycles. The summed E-state index contributed by atoms with van der Waals surface area (Å²) >= 11 is 0. The Morgan fingerprint density at radius 1 is 1.32 bits per heavy atom. The van der Waals surface area contributed by atoms with Crippen LogP contribution in [0.15, 0.2) is 30.3 Å². The fourth-order valence-electron chi connectivity index (χ4n) is 1.98. The van der Waals surface area contributed by atoms with Crippen molar-refractivity contribution in [3.63, 3.8) is 0 Å². The number of para-hydroxylation sites is 1. The number of nitrogens with zero attached hydrogens (tertiary/aromatic N) is 1. The second kappa shape index (κ2) is 5.69. The molecule has 0 radical (unpaired) electrons. The molecule has 0 fully saturated rings. The second-order valence-corrected chi connectivity index (χ2v) is 4.54. The number of carbonyl (C=O) groups is 1. The number of nitrogens with one attached hydrogen (secondary N) is 1. The van der Waals surface area contributed by atoms with Crippen LogP contribution in [0.1, 0.15) is 19.0 Å². The highest BCUT2D eigenvalue weighted by Crippen LogP contribution is 2.22. The molecule has 0 spiro atoms. The lowest BCUT2D eigenvalue weighted by molar-refractivity contribution is -0.651. The summed E-state index contributed by atoms with van der Waals surface area (Å²) in [4.78, 5) is 11.7. The molecule has 4 nitrogen and oxygen atoms in total. The molecule has 19 heavy (non-hydrogen) atoms. The maximum Gasteiger partial charge on any atom is 0.412 e. The molecule has 100 valence electrons. The van der Waals surface area contributed by atoms with Crippen LogP contribution in [-0.4, -0.2) is 12.6 Å². The monoisotopic (exact) mass is 259 g/mol. The third-order valence-corrected chi connectivity index (χ3v) is 3.12. The summed E-state index contributed by atoms with van der Waals surface area (Å²) in [6.07, 6.45) is 0.480. The summed E-state index contributed by atoms with van der Waals surface area (Å²) in [6.45, 7) is 4.64. The maximum absolute atomic E-state index is 11.7. The molecule has 2 aromatic rings. The Hall–Kier alpha value is -2.10. The van der Waals surface area contributed by atoms with Crippen LogP contribution >= 0.6 is 0 Å². The van der Waals surface area contributed by atoms with E-state index in [1.165, 1.54) is 0 Å². The van der Waals surface area contributed by atoms with Gasteiger partial charge in [-0.1, -0.05) is 13.0 Å². The minimum absolute atomic E-state index is 0.407. The molecule has 0 saturated carbocycles. The Labute approximate surface area is 113 Å². The van der Waals surface area contributed by atoms with Crippen molar-refractivity contribution < 1.29 is 14.1 Å². The summed E-state index contributed by atoms with van der Waals surface area (Å²) < 4.78 is 7.42. The lowest BCUT2D eigenvalue weighted by Gasteiger charge is -2.07. The standard InChI is InChI=1S/C15H18N2O2/c1-4-10-16-15(18)19-13-7-5-6-12-9-8-11(2)17(3)14(12)13/h5-9H,4,10H2,1-3H3/p+1. The second-order valence-electron chi connectivity index (χ2n) is 4.54. The highest BCUT2D eigenvalue weighted by molar-refractivity contribution is 5.84. The van der Waals surface area contributed by atoms with Crippen molar-refractivity contribution in [1.82, 2.24) is 5.32 Å². The molecule has 4 heteroatoms. The normalized spacial score (nSPS) is 10.5. The van der Waals surface area contributed by atoms with Crippen LogP contribution in [0.2, 0.25) is 0 Å². The summed E-state index contributed by atoms with van der Waals surface area (Å²) in [7, 11) is 1.97. The fraction of sp³-hybridized carbons (Fsp3) is 0.333. The average Bonchev–Trinajstić information content (AvgIpc) is 2.41. The molecule has 0 atom stereocenters. The van der Waals surface area contributed by atoms with E-state index < -0.39 is 6.09 Å². The number of ether oxygens (including phenoxy) is 1. The maximum atomic E-state index is 11.7. The molecule has 1 N–H and O–H groups in total. The fourth-order valence-corrected chi connectivity index (χ4v) is 1.98. The number of carbonyl (C=O) groups excluding carboxylic acids is 1. The zero-order chi connectivity index (χ0) is 13.8. The molecule has 0 bridgehead atoms. The average molecular weight is 259 g/mol. The molecular weight excluding hydrogens is 240 g/mol. The number of hydrogen-bond donors (Lipinski definition) is 1. The Morgan fingerprint density at radius 2 is 2.11 bits per heavy atom. The van der Waals surface area contributed by atoms with Crippen molar-refractivity contribution in [1.29, 1.82) is 0 Å². The molecule has 1 aromatic heterocycles. The van der Waals surface area contributed by atoms with Crippen LogP contribution in [-0.2, 0) is 7.05 Å². The van der Waals surface area contributed by atoms with Crippen LogP contribution in [0.4, 0.5) is 4.79 Å². The van der Waals surface area contributed by atoms with Gasteiger partial charge >= 0.3 is 6.09 Å². The molecule has 1 amide bonds. The molecule has 1 aromatic carbocycles. The first-order chi connectivity index (χ1) is 9.13. The molecule has 2 rings (SSSR count). The van der Waals surface area contributed by atoms with E-state index >= 15 is 0 Å². The lowest BCUT2D eigenvalue weighted by Crippen LogP contribution is -2.34. The topological polar surface area (TPSA) is 42.2 Å². The largest absolute Gasteiger partial charge is 0.412 e.